The SMILES string of the molecule is COc1cccc(-c2nn(Cc3c(F)cccc3Cl)c(=O)c3nc(C)sc23)c1. The fraction of sp³-hybridized carbons (Fsp3) is 0.150. The van der Waals surface area contributed by atoms with Crippen molar-refractivity contribution in [1.29, 1.82) is 0 Å². The molecule has 8 heteroatoms. The Hall–Kier alpha value is -2.77. The third kappa shape index (κ3) is 3.27. The summed E-state index contributed by atoms with van der Waals surface area (Å²) in [5, 5.41) is 5.52. The summed E-state index contributed by atoms with van der Waals surface area (Å²) < 4.78 is 21.4. The summed E-state index contributed by atoms with van der Waals surface area (Å²) in [7, 11) is 1.58. The van der Waals surface area contributed by atoms with Gasteiger partial charge in [-0.05, 0) is 31.2 Å². The van der Waals surface area contributed by atoms with Crippen LogP contribution < -0.4 is 10.3 Å². The molecule has 4 aromatic rings. The smallest absolute Gasteiger partial charge is 0.294 e. The maximum atomic E-state index is 14.3. The highest BCUT2D eigenvalue weighted by Gasteiger charge is 2.18. The first kappa shape index (κ1) is 18.6. The van der Waals surface area contributed by atoms with Crippen molar-refractivity contribution >= 4 is 33.2 Å². The Balaban J connectivity index is 1.95. The molecule has 0 fully saturated rings. The highest BCUT2D eigenvalue weighted by Crippen LogP contribution is 2.31. The molecule has 0 aliphatic heterocycles. The molecular formula is C20H15ClFN3O2S. The standard InChI is InChI=1S/C20H15ClFN3O2S/c1-11-23-18-19(28-11)17(12-5-3-6-13(9-12)27-2)24-25(20(18)26)10-14-15(21)7-4-8-16(14)22/h3-9H,10H2,1-2H3. The van der Waals surface area contributed by atoms with E-state index in [0.29, 0.717) is 21.7 Å². The Kier molecular flexibility index (Phi) is 4.87. The van der Waals surface area contributed by atoms with Gasteiger partial charge in [0, 0.05) is 16.1 Å². The van der Waals surface area contributed by atoms with Gasteiger partial charge in [-0.2, -0.15) is 5.10 Å². The molecule has 0 spiro atoms. The fourth-order valence-corrected chi connectivity index (χ4v) is 4.11. The van der Waals surface area contributed by atoms with E-state index in [4.69, 9.17) is 16.3 Å². The Morgan fingerprint density at radius 1 is 1.25 bits per heavy atom. The van der Waals surface area contributed by atoms with Gasteiger partial charge in [0.05, 0.1) is 23.4 Å². The van der Waals surface area contributed by atoms with Gasteiger partial charge in [0.15, 0.2) is 5.52 Å². The molecule has 28 heavy (non-hydrogen) atoms. The fourth-order valence-electron chi connectivity index (χ4n) is 2.97. The van der Waals surface area contributed by atoms with Gasteiger partial charge in [0.1, 0.15) is 17.3 Å². The van der Waals surface area contributed by atoms with E-state index in [9.17, 15) is 9.18 Å². The van der Waals surface area contributed by atoms with E-state index in [2.05, 4.69) is 10.1 Å². The Morgan fingerprint density at radius 3 is 2.79 bits per heavy atom. The average Bonchev–Trinajstić information content (AvgIpc) is 3.08. The lowest BCUT2D eigenvalue weighted by Crippen LogP contribution is -2.25. The first-order valence-corrected chi connectivity index (χ1v) is 9.63. The number of aromatic nitrogens is 3. The van der Waals surface area contributed by atoms with Gasteiger partial charge in [-0.15, -0.1) is 11.3 Å². The van der Waals surface area contributed by atoms with Gasteiger partial charge in [-0.3, -0.25) is 4.79 Å². The van der Waals surface area contributed by atoms with Crippen LogP contribution in [0, 0.1) is 12.7 Å². The molecule has 0 aliphatic rings. The number of benzene rings is 2. The first-order chi connectivity index (χ1) is 13.5. The summed E-state index contributed by atoms with van der Waals surface area (Å²) in [5.41, 5.74) is 1.50. The van der Waals surface area contributed by atoms with E-state index in [-0.39, 0.29) is 22.7 Å². The van der Waals surface area contributed by atoms with Crippen LogP contribution >= 0.6 is 22.9 Å². The minimum atomic E-state index is -0.487. The monoisotopic (exact) mass is 415 g/mol. The number of fused-ring (bicyclic) bond motifs is 1. The van der Waals surface area contributed by atoms with Crippen LogP contribution in [0.15, 0.2) is 47.3 Å². The summed E-state index contributed by atoms with van der Waals surface area (Å²) in [6.45, 7) is 1.74. The van der Waals surface area contributed by atoms with E-state index in [0.717, 1.165) is 10.6 Å². The molecular weight excluding hydrogens is 401 g/mol. The second-order valence-corrected chi connectivity index (χ2v) is 7.76. The highest BCUT2D eigenvalue weighted by molar-refractivity contribution is 7.19. The van der Waals surface area contributed by atoms with Gasteiger partial charge in [-0.1, -0.05) is 29.8 Å². The molecule has 4 rings (SSSR count). The third-order valence-electron chi connectivity index (χ3n) is 4.32. The maximum absolute atomic E-state index is 14.3. The lowest BCUT2D eigenvalue weighted by molar-refractivity contribution is 0.415. The van der Waals surface area contributed by atoms with Crippen molar-refractivity contribution in [2.75, 3.05) is 7.11 Å². The summed E-state index contributed by atoms with van der Waals surface area (Å²) in [4.78, 5) is 17.3. The van der Waals surface area contributed by atoms with E-state index in [1.54, 1.807) is 13.2 Å². The average molecular weight is 416 g/mol. The Labute approximate surface area is 169 Å². The normalized spacial score (nSPS) is 11.1. The van der Waals surface area contributed by atoms with E-state index >= 15 is 0 Å². The molecule has 0 amide bonds. The van der Waals surface area contributed by atoms with Gasteiger partial charge < -0.3 is 4.74 Å². The molecule has 0 N–H and O–H groups in total. The van der Waals surface area contributed by atoms with Crippen LogP contribution in [0.1, 0.15) is 10.6 Å². The quantitative estimate of drug-likeness (QED) is 0.485. The predicted octanol–water partition coefficient (Wildman–Crippen LogP) is 4.68. The molecule has 0 aliphatic carbocycles. The number of aryl methyl sites for hydroxylation is 1. The molecule has 0 saturated carbocycles. The number of rotatable bonds is 4. The minimum Gasteiger partial charge on any atom is -0.497 e. The van der Waals surface area contributed by atoms with Crippen LogP contribution in [0.25, 0.3) is 21.5 Å². The van der Waals surface area contributed by atoms with Crippen molar-refractivity contribution in [1.82, 2.24) is 14.8 Å². The zero-order chi connectivity index (χ0) is 19.8. The number of halogens is 2. The number of nitrogens with zero attached hydrogens (tertiary/aromatic N) is 3. The van der Waals surface area contributed by atoms with Gasteiger partial charge in [-0.25, -0.2) is 14.1 Å². The molecule has 0 atom stereocenters. The lowest BCUT2D eigenvalue weighted by atomic mass is 10.1. The molecule has 2 heterocycles. The minimum absolute atomic E-state index is 0.0895. The molecule has 2 aromatic heterocycles. The molecule has 142 valence electrons. The first-order valence-electron chi connectivity index (χ1n) is 8.43. The summed E-state index contributed by atoms with van der Waals surface area (Å²) in [5.74, 6) is 0.183. The Bertz CT molecular complexity index is 1230. The summed E-state index contributed by atoms with van der Waals surface area (Å²) >= 11 is 7.53. The van der Waals surface area contributed by atoms with E-state index in [1.807, 2.05) is 31.2 Å². The van der Waals surface area contributed by atoms with Crippen LogP contribution in [0.5, 0.6) is 5.75 Å². The predicted molar refractivity (Wildman–Crippen MR) is 109 cm³/mol. The van der Waals surface area contributed by atoms with Gasteiger partial charge in [0.25, 0.3) is 5.56 Å². The van der Waals surface area contributed by atoms with Crippen molar-refractivity contribution in [2.24, 2.45) is 0 Å². The van der Waals surface area contributed by atoms with Crippen molar-refractivity contribution in [3.8, 4) is 17.0 Å². The topological polar surface area (TPSA) is 57.0 Å². The van der Waals surface area contributed by atoms with E-state index < -0.39 is 5.82 Å². The number of thiazole rings is 1. The lowest BCUT2D eigenvalue weighted by Gasteiger charge is -2.11. The third-order valence-corrected chi connectivity index (χ3v) is 5.65. The van der Waals surface area contributed by atoms with Gasteiger partial charge in [0.2, 0.25) is 0 Å². The van der Waals surface area contributed by atoms with Crippen molar-refractivity contribution in [3.05, 3.63) is 74.2 Å². The van der Waals surface area contributed by atoms with E-state index in [1.165, 1.54) is 28.2 Å². The number of ether oxygens (including phenoxy) is 1. The molecule has 5 nitrogen and oxygen atoms in total. The molecule has 0 radical (unpaired) electrons. The molecule has 2 aromatic carbocycles. The Morgan fingerprint density at radius 2 is 2.04 bits per heavy atom. The maximum Gasteiger partial charge on any atom is 0.294 e. The van der Waals surface area contributed by atoms with Crippen LogP contribution in [-0.4, -0.2) is 21.9 Å². The molecule has 0 bridgehead atoms. The number of methoxy groups -OCH3 is 1. The molecule has 0 unspecified atom stereocenters. The number of hydrogen-bond acceptors (Lipinski definition) is 5. The van der Waals surface area contributed by atoms with Crippen LogP contribution in [-0.2, 0) is 6.54 Å². The largest absolute Gasteiger partial charge is 0.497 e. The summed E-state index contributed by atoms with van der Waals surface area (Å²) in [6.07, 6.45) is 0. The summed E-state index contributed by atoms with van der Waals surface area (Å²) in [6, 6.07) is 11.8. The van der Waals surface area contributed by atoms with Crippen LogP contribution in [0.2, 0.25) is 5.02 Å². The zero-order valence-corrected chi connectivity index (χ0v) is 16.6. The highest BCUT2D eigenvalue weighted by atomic mass is 35.5. The van der Waals surface area contributed by atoms with Gasteiger partial charge >= 0.3 is 0 Å². The van der Waals surface area contributed by atoms with Crippen molar-refractivity contribution in [3.63, 3.8) is 0 Å². The second-order valence-electron chi connectivity index (χ2n) is 6.15. The van der Waals surface area contributed by atoms with Crippen LogP contribution in [0.4, 0.5) is 4.39 Å². The van der Waals surface area contributed by atoms with Crippen molar-refractivity contribution < 1.29 is 9.13 Å². The van der Waals surface area contributed by atoms with Crippen LogP contribution in [0.3, 0.4) is 0 Å². The molecule has 0 saturated heterocycles. The second kappa shape index (κ2) is 7.33. The number of hydrogen-bond donors (Lipinski definition) is 0. The zero-order valence-electron chi connectivity index (χ0n) is 15.1. The van der Waals surface area contributed by atoms with Crippen molar-refractivity contribution in [2.45, 2.75) is 13.5 Å².